The average molecular weight is 257 g/mol. The molecule has 106 valence electrons. The van der Waals surface area contributed by atoms with Gasteiger partial charge in [-0.15, -0.1) is 0 Å². The number of piperidine rings is 1. The van der Waals surface area contributed by atoms with E-state index in [2.05, 4.69) is 15.5 Å². The van der Waals surface area contributed by atoms with Crippen LogP contribution in [0.25, 0.3) is 0 Å². The van der Waals surface area contributed by atoms with Crippen LogP contribution in [0.3, 0.4) is 0 Å². The summed E-state index contributed by atoms with van der Waals surface area (Å²) in [5, 5.41) is 6.38. The monoisotopic (exact) mass is 257 g/mol. The zero-order valence-corrected chi connectivity index (χ0v) is 11.9. The smallest absolute Gasteiger partial charge is 0.237 e. The van der Waals surface area contributed by atoms with Gasteiger partial charge in [-0.3, -0.25) is 9.69 Å². The molecule has 0 saturated carbocycles. The zero-order chi connectivity index (χ0) is 13.4. The van der Waals surface area contributed by atoms with Crippen molar-refractivity contribution in [3.05, 3.63) is 0 Å². The molecule has 1 aliphatic rings. The second-order valence-electron chi connectivity index (χ2n) is 5.05. The van der Waals surface area contributed by atoms with E-state index in [1.54, 1.807) is 7.11 Å². The normalized spacial score (nSPS) is 21.9. The van der Waals surface area contributed by atoms with E-state index in [-0.39, 0.29) is 11.9 Å². The highest BCUT2D eigenvalue weighted by Gasteiger charge is 2.21. The van der Waals surface area contributed by atoms with Gasteiger partial charge in [-0.2, -0.15) is 0 Å². The predicted molar refractivity (Wildman–Crippen MR) is 72.6 cm³/mol. The third-order valence-electron chi connectivity index (χ3n) is 3.57. The summed E-state index contributed by atoms with van der Waals surface area (Å²) in [5.41, 5.74) is 0. The SMILES string of the molecule is COCCNC(=O)C(C)N(C)CC1CCCCN1. The molecule has 0 spiro atoms. The number of hydrogen-bond acceptors (Lipinski definition) is 4. The highest BCUT2D eigenvalue weighted by molar-refractivity contribution is 5.81. The standard InChI is InChI=1S/C13H27N3O2/c1-11(13(17)15-8-9-18-3)16(2)10-12-6-4-5-7-14-12/h11-12,14H,4-10H2,1-3H3,(H,15,17). The summed E-state index contributed by atoms with van der Waals surface area (Å²) in [6.07, 6.45) is 3.77. The van der Waals surface area contributed by atoms with Gasteiger partial charge in [-0.05, 0) is 33.4 Å². The van der Waals surface area contributed by atoms with Gasteiger partial charge in [0.15, 0.2) is 0 Å². The van der Waals surface area contributed by atoms with Gasteiger partial charge >= 0.3 is 0 Å². The molecule has 2 unspecified atom stereocenters. The van der Waals surface area contributed by atoms with Crippen molar-refractivity contribution in [3.63, 3.8) is 0 Å². The second-order valence-corrected chi connectivity index (χ2v) is 5.05. The van der Waals surface area contributed by atoms with Crippen LogP contribution >= 0.6 is 0 Å². The molecule has 1 aliphatic heterocycles. The number of nitrogens with zero attached hydrogens (tertiary/aromatic N) is 1. The maximum absolute atomic E-state index is 11.9. The maximum Gasteiger partial charge on any atom is 0.237 e. The molecule has 0 aromatic carbocycles. The Morgan fingerprint density at radius 2 is 2.33 bits per heavy atom. The van der Waals surface area contributed by atoms with Gasteiger partial charge in [0.25, 0.3) is 0 Å². The molecular formula is C13H27N3O2. The van der Waals surface area contributed by atoms with Crippen molar-refractivity contribution in [2.75, 3.05) is 40.4 Å². The minimum Gasteiger partial charge on any atom is -0.383 e. The number of ether oxygens (including phenoxy) is 1. The summed E-state index contributed by atoms with van der Waals surface area (Å²) in [7, 11) is 3.65. The van der Waals surface area contributed by atoms with Crippen LogP contribution in [-0.2, 0) is 9.53 Å². The average Bonchev–Trinajstić information content (AvgIpc) is 2.39. The maximum atomic E-state index is 11.9. The van der Waals surface area contributed by atoms with E-state index >= 15 is 0 Å². The minimum atomic E-state index is -0.0921. The molecule has 0 aliphatic carbocycles. The third kappa shape index (κ3) is 5.33. The summed E-state index contributed by atoms with van der Waals surface area (Å²) in [4.78, 5) is 14.0. The van der Waals surface area contributed by atoms with Crippen LogP contribution in [0.4, 0.5) is 0 Å². The molecule has 0 bridgehead atoms. The Kier molecular flexibility index (Phi) is 7.23. The topological polar surface area (TPSA) is 53.6 Å². The van der Waals surface area contributed by atoms with Crippen molar-refractivity contribution < 1.29 is 9.53 Å². The number of hydrogen-bond donors (Lipinski definition) is 2. The molecule has 5 heteroatoms. The van der Waals surface area contributed by atoms with Crippen LogP contribution in [0.5, 0.6) is 0 Å². The highest BCUT2D eigenvalue weighted by atomic mass is 16.5. The van der Waals surface area contributed by atoms with Gasteiger partial charge in [0.05, 0.1) is 12.6 Å². The molecule has 0 aromatic rings. The van der Waals surface area contributed by atoms with Crippen LogP contribution in [0.1, 0.15) is 26.2 Å². The minimum absolute atomic E-state index is 0.0744. The molecule has 5 nitrogen and oxygen atoms in total. The van der Waals surface area contributed by atoms with Gasteiger partial charge in [0.2, 0.25) is 5.91 Å². The molecule has 1 heterocycles. The van der Waals surface area contributed by atoms with Gasteiger partial charge in [-0.1, -0.05) is 6.42 Å². The van der Waals surface area contributed by atoms with Crippen molar-refractivity contribution in [1.82, 2.24) is 15.5 Å². The Balaban J connectivity index is 2.25. The first-order valence-electron chi connectivity index (χ1n) is 6.85. The van der Waals surface area contributed by atoms with Crippen LogP contribution in [0.2, 0.25) is 0 Å². The van der Waals surface area contributed by atoms with Crippen LogP contribution in [-0.4, -0.2) is 63.3 Å². The summed E-state index contributed by atoms with van der Waals surface area (Å²) in [6.45, 7) is 5.12. The number of rotatable bonds is 7. The number of likely N-dealkylation sites (N-methyl/N-ethyl adjacent to an activating group) is 1. The molecule has 2 atom stereocenters. The largest absolute Gasteiger partial charge is 0.383 e. The van der Waals surface area contributed by atoms with Crippen molar-refractivity contribution in [1.29, 1.82) is 0 Å². The van der Waals surface area contributed by atoms with Crippen LogP contribution in [0, 0.1) is 0 Å². The molecule has 1 amide bonds. The number of carbonyl (C=O) groups excluding carboxylic acids is 1. The summed E-state index contributed by atoms with van der Waals surface area (Å²) < 4.78 is 4.92. The van der Waals surface area contributed by atoms with E-state index in [1.807, 2.05) is 14.0 Å². The molecule has 0 aromatic heterocycles. The van der Waals surface area contributed by atoms with E-state index in [1.165, 1.54) is 19.3 Å². The Morgan fingerprint density at radius 1 is 1.56 bits per heavy atom. The lowest BCUT2D eigenvalue weighted by molar-refractivity contribution is -0.125. The van der Waals surface area contributed by atoms with Crippen molar-refractivity contribution >= 4 is 5.91 Å². The second kappa shape index (κ2) is 8.45. The number of amides is 1. The zero-order valence-electron chi connectivity index (χ0n) is 11.9. The number of nitrogens with one attached hydrogen (secondary N) is 2. The van der Waals surface area contributed by atoms with E-state index < -0.39 is 0 Å². The lowest BCUT2D eigenvalue weighted by atomic mass is 10.0. The lowest BCUT2D eigenvalue weighted by Crippen LogP contribution is -2.49. The van der Waals surface area contributed by atoms with E-state index in [9.17, 15) is 4.79 Å². The lowest BCUT2D eigenvalue weighted by Gasteiger charge is -2.31. The Morgan fingerprint density at radius 3 is 2.94 bits per heavy atom. The molecule has 1 rings (SSSR count). The van der Waals surface area contributed by atoms with Crippen molar-refractivity contribution in [3.8, 4) is 0 Å². The highest BCUT2D eigenvalue weighted by Crippen LogP contribution is 2.09. The van der Waals surface area contributed by atoms with Crippen molar-refractivity contribution in [2.24, 2.45) is 0 Å². The van der Waals surface area contributed by atoms with Gasteiger partial charge < -0.3 is 15.4 Å². The van der Waals surface area contributed by atoms with Gasteiger partial charge in [0, 0.05) is 26.2 Å². The summed E-state index contributed by atoms with van der Waals surface area (Å²) >= 11 is 0. The predicted octanol–water partition coefficient (Wildman–Crippen LogP) is 0.211. The van der Waals surface area contributed by atoms with Gasteiger partial charge in [0.1, 0.15) is 0 Å². The quantitative estimate of drug-likeness (QED) is 0.640. The van der Waals surface area contributed by atoms with Crippen LogP contribution < -0.4 is 10.6 Å². The molecule has 1 saturated heterocycles. The first kappa shape index (κ1) is 15.4. The molecular weight excluding hydrogens is 230 g/mol. The Hall–Kier alpha value is -0.650. The van der Waals surface area contributed by atoms with Crippen LogP contribution in [0.15, 0.2) is 0 Å². The van der Waals surface area contributed by atoms with Crippen molar-refractivity contribution in [2.45, 2.75) is 38.3 Å². The fourth-order valence-corrected chi connectivity index (χ4v) is 2.21. The molecule has 0 radical (unpaired) electrons. The summed E-state index contributed by atoms with van der Waals surface area (Å²) in [6, 6.07) is 0.434. The Bertz CT molecular complexity index is 242. The molecule has 18 heavy (non-hydrogen) atoms. The van der Waals surface area contributed by atoms with E-state index in [0.29, 0.717) is 19.2 Å². The fraction of sp³-hybridized carbons (Fsp3) is 0.923. The Labute approximate surface area is 110 Å². The molecule has 1 fully saturated rings. The molecule has 2 N–H and O–H groups in total. The van der Waals surface area contributed by atoms with E-state index in [0.717, 1.165) is 13.1 Å². The van der Waals surface area contributed by atoms with E-state index in [4.69, 9.17) is 4.74 Å². The number of carbonyl (C=O) groups is 1. The third-order valence-corrected chi connectivity index (χ3v) is 3.57. The first-order valence-corrected chi connectivity index (χ1v) is 6.85. The first-order chi connectivity index (χ1) is 8.65. The summed E-state index contributed by atoms with van der Waals surface area (Å²) in [5.74, 6) is 0.0744. The number of methoxy groups -OCH3 is 1. The van der Waals surface area contributed by atoms with Gasteiger partial charge in [-0.25, -0.2) is 0 Å². The fourth-order valence-electron chi connectivity index (χ4n) is 2.21.